The zero-order valence-corrected chi connectivity index (χ0v) is 15.2. The molecule has 6 heteroatoms. The number of pyridine rings is 2. The number of Topliss-reactive ketones (excluding diaryl/α,β-unsaturated/α-hetero) is 1. The molecule has 0 saturated heterocycles. The van der Waals surface area contributed by atoms with Gasteiger partial charge in [-0.15, -0.1) is 0 Å². The molecule has 0 saturated carbocycles. The molecule has 0 spiro atoms. The highest BCUT2D eigenvalue weighted by atomic mass is 35.5. The van der Waals surface area contributed by atoms with Crippen molar-refractivity contribution in [1.82, 2.24) is 9.97 Å². The standard InChI is InChI=1S/C20H18ClN3O2/c1-12(2)17(25)11-14-7-8-16(19(21)23-14)24-20(26)18-15-6-4-3-5-13(15)9-10-22-18/h3-10,12H,11H2,1-2H3,(H,24,26). The fourth-order valence-electron chi connectivity index (χ4n) is 2.53. The molecule has 132 valence electrons. The summed E-state index contributed by atoms with van der Waals surface area (Å²) in [7, 11) is 0. The Labute approximate surface area is 156 Å². The van der Waals surface area contributed by atoms with Crippen LogP contribution < -0.4 is 5.32 Å². The zero-order chi connectivity index (χ0) is 18.7. The molecule has 0 aliphatic heterocycles. The number of carbonyl (C=O) groups excluding carboxylic acids is 2. The summed E-state index contributed by atoms with van der Waals surface area (Å²) in [5.41, 5.74) is 1.28. The van der Waals surface area contributed by atoms with Crippen molar-refractivity contribution >= 4 is 39.8 Å². The average Bonchev–Trinajstić information content (AvgIpc) is 2.63. The lowest BCUT2D eigenvalue weighted by Gasteiger charge is -2.10. The summed E-state index contributed by atoms with van der Waals surface area (Å²) in [5, 5.41) is 4.58. The number of amides is 1. The number of anilines is 1. The van der Waals surface area contributed by atoms with Crippen LogP contribution in [0.3, 0.4) is 0 Å². The number of rotatable bonds is 5. The summed E-state index contributed by atoms with van der Waals surface area (Å²) in [6.07, 6.45) is 1.81. The van der Waals surface area contributed by atoms with Gasteiger partial charge in [-0.1, -0.05) is 49.7 Å². The average molecular weight is 368 g/mol. The Hall–Kier alpha value is -2.79. The molecule has 0 radical (unpaired) electrons. The maximum absolute atomic E-state index is 12.6. The zero-order valence-electron chi connectivity index (χ0n) is 14.5. The first-order valence-electron chi connectivity index (χ1n) is 8.29. The molecule has 0 bridgehead atoms. The van der Waals surface area contributed by atoms with Crippen LogP contribution in [0, 0.1) is 5.92 Å². The van der Waals surface area contributed by atoms with Crippen LogP contribution in [0.2, 0.25) is 5.15 Å². The van der Waals surface area contributed by atoms with Crippen molar-refractivity contribution in [2.45, 2.75) is 20.3 Å². The van der Waals surface area contributed by atoms with E-state index < -0.39 is 0 Å². The first-order chi connectivity index (χ1) is 12.5. The summed E-state index contributed by atoms with van der Waals surface area (Å²) in [4.78, 5) is 32.9. The Kier molecular flexibility index (Phi) is 5.28. The molecule has 0 atom stereocenters. The van der Waals surface area contributed by atoms with E-state index in [0.29, 0.717) is 17.1 Å². The normalized spacial score (nSPS) is 10.9. The minimum absolute atomic E-state index is 0.0626. The topological polar surface area (TPSA) is 72.0 Å². The van der Waals surface area contributed by atoms with Gasteiger partial charge < -0.3 is 5.32 Å². The quantitative estimate of drug-likeness (QED) is 0.682. The summed E-state index contributed by atoms with van der Waals surface area (Å²) in [5.74, 6) is -0.339. The van der Waals surface area contributed by atoms with E-state index in [1.54, 1.807) is 18.3 Å². The predicted octanol–water partition coefficient (Wildman–Crippen LogP) is 4.30. The number of benzene rings is 1. The van der Waals surface area contributed by atoms with Crippen molar-refractivity contribution in [1.29, 1.82) is 0 Å². The van der Waals surface area contributed by atoms with E-state index in [-0.39, 0.29) is 29.2 Å². The van der Waals surface area contributed by atoms with Gasteiger partial charge in [-0.2, -0.15) is 0 Å². The molecule has 0 unspecified atom stereocenters. The number of aromatic nitrogens is 2. The van der Waals surface area contributed by atoms with Gasteiger partial charge in [-0.25, -0.2) is 4.98 Å². The number of nitrogens with one attached hydrogen (secondary N) is 1. The second kappa shape index (κ2) is 7.62. The smallest absolute Gasteiger partial charge is 0.274 e. The predicted molar refractivity (Wildman–Crippen MR) is 102 cm³/mol. The van der Waals surface area contributed by atoms with Crippen molar-refractivity contribution in [3.8, 4) is 0 Å². The lowest BCUT2D eigenvalue weighted by Crippen LogP contribution is -2.15. The second-order valence-corrected chi connectivity index (χ2v) is 6.63. The molecule has 26 heavy (non-hydrogen) atoms. The highest BCUT2D eigenvalue weighted by molar-refractivity contribution is 6.32. The van der Waals surface area contributed by atoms with Crippen molar-refractivity contribution in [2.75, 3.05) is 5.32 Å². The fraction of sp³-hybridized carbons (Fsp3) is 0.200. The number of carbonyl (C=O) groups is 2. The SMILES string of the molecule is CC(C)C(=O)Cc1ccc(NC(=O)c2nccc3ccccc23)c(Cl)n1. The molecule has 0 fully saturated rings. The van der Waals surface area contributed by atoms with E-state index in [9.17, 15) is 9.59 Å². The number of nitrogens with zero attached hydrogens (tertiary/aromatic N) is 2. The van der Waals surface area contributed by atoms with Crippen LogP contribution >= 0.6 is 11.6 Å². The number of hydrogen-bond donors (Lipinski definition) is 1. The Morgan fingerprint density at radius 3 is 2.62 bits per heavy atom. The maximum Gasteiger partial charge on any atom is 0.274 e. The van der Waals surface area contributed by atoms with Crippen LogP contribution in [-0.4, -0.2) is 21.7 Å². The van der Waals surface area contributed by atoms with Crippen molar-refractivity contribution < 1.29 is 9.59 Å². The number of fused-ring (bicyclic) bond motifs is 1. The molecule has 3 rings (SSSR count). The van der Waals surface area contributed by atoms with E-state index in [1.165, 1.54) is 0 Å². The van der Waals surface area contributed by atoms with Crippen molar-refractivity contribution in [2.24, 2.45) is 5.92 Å². The Balaban J connectivity index is 1.82. The van der Waals surface area contributed by atoms with Crippen molar-refractivity contribution in [3.63, 3.8) is 0 Å². The molecule has 2 heterocycles. The first kappa shape index (κ1) is 18.0. The van der Waals surface area contributed by atoms with E-state index >= 15 is 0 Å². The van der Waals surface area contributed by atoms with Gasteiger partial charge in [0, 0.05) is 29.6 Å². The number of ketones is 1. The van der Waals surface area contributed by atoms with Crippen LogP contribution in [0.5, 0.6) is 0 Å². The van der Waals surface area contributed by atoms with Crippen LogP contribution in [-0.2, 0) is 11.2 Å². The second-order valence-electron chi connectivity index (χ2n) is 6.27. The molecule has 5 nitrogen and oxygen atoms in total. The number of halogens is 1. The molecule has 0 aliphatic rings. The molecule has 1 N–H and O–H groups in total. The first-order valence-corrected chi connectivity index (χ1v) is 8.66. The van der Waals surface area contributed by atoms with Crippen LogP contribution in [0.25, 0.3) is 10.8 Å². The van der Waals surface area contributed by atoms with E-state index in [4.69, 9.17) is 11.6 Å². The molecule has 0 aliphatic carbocycles. The van der Waals surface area contributed by atoms with Crippen LogP contribution in [0.1, 0.15) is 30.0 Å². The van der Waals surface area contributed by atoms with Gasteiger partial charge in [0.15, 0.2) is 5.15 Å². The monoisotopic (exact) mass is 367 g/mol. The molecule has 2 aromatic heterocycles. The van der Waals surface area contributed by atoms with E-state index in [2.05, 4.69) is 15.3 Å². The third-order valence-corrected chi connectivity index (χ3v) is 4.33. The maximum atomic E-state index is 12.6. The summed E-state index contributed by atoms with van der Waals surface area (Å²) < 4.78 is 0. The van der Waals surface area contributed by atoms with Crippen LogP contribution in [0.4, 0.5) is 5.69 Å². The third kappa shape index (κ3) is 3.89. The highest BCUT2D eigenvalue weighted by Gasteiger charge is 2.15. The highest BCUT2D eigenvalue weighted by Crippen LogP contribution is 2.22. The van der Waals surface area contributed by atoms with Gasteiger partial charge in [-0.3, -0.25) is 14.6 Å². The van der Waals surface area contributed by atoms with Gasteiger partial charge >= 0.3 is 0 Å². The van der Waals surface area contributed by atoms with Gasteiger partial charge in [-0.05, 0) is 23.6 Å². The summed E-state index contributed by atoms with van der Waals surface area (Å²) in [6.45, 7) is 3.69. The van der Waals surface area contributed by atoms with Gasteiger partial charge in [0.25, 0.3) is 5.91 Å². The lowest BCUT2D eigenvalue weighted by molar-refractivity contribution is -0.121. The summed E-state index contributed by atoms with van der Waals surface area (Å²) in [6, 6.07) is 12.7. The fourth-order valence-corrected chi connectivity index (χ4v) is 2.75. The van der Waals surface area contributed by atoms with E-state index in [0.717, 1.165) is 10.8 Å². The molecular formula is C20H18ClN3O2. The van der Waals surface area contributed by atoms with E-state index in [1.807, 2.05) is 44.2 Å². The molecule has 1 aromatic carbocycles. The molecule has 1 amide bonds. The minimum Gasteiger partial charge on any atom is -0.318 e. The molecular weight excluding hydrogens is 350 g/mol. The Bertz CT molecular complexity index is 980. The largest absolute Gasteiger partial charge is 0.318 e. The van der Waals surface area contributed by atoms with Crippen molar-refractivity contribution in [3.05, 3.63) is 65.2 Å². The van der Waals surface area contributed by atoms with Crippen LogP contribution in [0.15, 0.2) is 48.7 Å². The van der Waals surface area contributed by atoms with Gasteiger partial charge in [0.05, 0.1) is 5.69 Å². The third-order valence-electron chi connectivity index (χ3n) is 4.04. The number of hydrogen-bond acceptors (Lipinski definition) is 4. The Morgan fingerprint density at radius 1 is 1.12 bits per heavy atom. The minimum atomic E-state index is -0.364. The van der Waals surface area contributed by atoms with Gasteiger partial charge in [0.1, 0.15) is 11.5 Å². The van der Waals surface area contributed by atoms with Gasteiger partial charge in [0.2, 0.25) is 0 Å². The Morgan fingerprint density at radius 2 is 1.88 bits per heavy atom. The lowest BCUT2D eigenvalue weighted by atomic mass is 10.0. The molecule has 3 aromatic rings. The summed E-state index contributed by atoms with van der Waals surface area (Å²) >= 11 is 6.18.